The summed E-state index contributed by atoms with van der Waals surface area (Å²) in [5, 5.41) is 14.8. The van der Waals surface area contributed by atoms with Crippen LogP contribution in [0.25, 0.3) is 10.9 Å². The highest BCUT2D eigenvalue weighted by atomic mass is 19.4. The Hall–Kier alpha value is -3.08. The molecule has 1 spiro atoms. The summed E-state index contributed by atoms with van der Waals surface area (Å²) in [6.45, 7) is 2.90. The zero-order valence-corrected chi connectivity index (χ0v) is 19.4. The number of aromatic nitrogens is 1. The van der Waals surface area contributed by atoms with Crippen LogP contribution >= 0.6 is 0 Å². The number of carbonyl (C=O) groups excluding carboxylic acids is 2. The summed E-state index contributed by atoms with van der Waals surface area (Å²) in [6.07, 6.45) is 1.47. The van der Waals surface area contributed by atoms with Crippen molar-refractivity contribution in [1.82, 2.24) is 20.1 Å². The number of carboxylic acids is 1. The van der Waals surface area contributed by atoms with E-state index in [4.69, 9.17) is 9.90 Å². The molecule has 2 atom stereocenters. The Morgan fingerprint density at radius 2 is 1.89 bits per heavy atom. The van der Waals surface area contributed by atoms with Crippen molar-refractivity contribution in [2.45, 2.75) is 43.3 Å². The van der Waals surface area contributed by atoms with Gasteiger partial charge in [0.05, 0.1) is 0 Å². The Morgan fingerprint density at radius 3 is 2.54 bits per heavy atom. The fraction of sp³-hybridized carbons (Fsp3) is 0.542. The average molecular weight is 495 g/mol. The summed E-state index contributed by atoms with van der Waals surface area (Å²) < 4.78 is 33.9. The Kier molecular flexibility index (Phi) is 6.81. The second-order valence-electron chi connectivity index (χ2n) is 9.53. The fourth-order valence-corrected chi connectivity index (χ4v) is 5.27. The van der Waals surface area contributed by atoms with E-state index in [1.165, 1.54) is 29.3 Å². The van der Waals surface area contributed by atoms with Gasteiger partial charge in [0.2, 0.25) is 0 Å². The van der Waals surface area contributed by atoms with E-state index in [-0.39, 0.29) is 17.4 Å². The third-order valence-corrected chi connectivity index (χ3v) is 7.33. The lowest BCUT2D eigenvalue weighted by Crippen LogP contribution is -2.45. The molecule has 1 aliphatic carbocycles. The summed E-state index contributed by atoms with van der Waals surface area (Å²) in [4.78, 5) is 35.7. The first-order chi connectivity index (χ1) is 16.5. The maximum absolute atomic E-state index is 12.7. The van der Waals surface area contributed by atoms with Crippen LogP contribution in [0.4, 0.5) is 13.2 Å². The van der Waals surface area contributed by atoms with Gasteiger partial charge in [-0.05, 0) is 49.8 Å². The number of carboxylic acid groups (broad SMARTS) is 1. The first-order valence-electron chi connectivity index (χ1n) is 11.7. The van der Waals surface area contributed by atoms with E-state index in [0.29, 0.717) is 25.6 Å². The van der Waals surface area contributed by atoms with Gasteiger partial charge < -0.3 is 25.2 Å². The average Bonchev–Trinajstić information content (AvgIpc) is 3.12. The van der Waals surface area contributed by atoms with Gasteiger partial charge >= 0.3 is 24.0 Å². The van der Waals surface area contributed by atoms with Crippen molar-refractivity contribution < 1.29 is 32.7 Å². The molecule has 5 rings (SSSR count). The number of amides is 2. The number of rotatable bonds is 3. The van der Waals surface area contributed by atoms with Gasteiger partial charge in [-0.1, -0.05) is 18.2 Å². The number of nitrogens with zero attached hydrogens (tertiary/aromatic N) is 2. The number of alkyl halides is 3. The summed E-state index contributed by atoms with van der Waals surface area (Å²) in [6, 6.07) is 8.37. The van der Waals surface area contributed by atoms with E-state index in [1.54, 1.807) is 4.90 Å². The number of nitrogens with one attached hydrogen (secondary N) is 2. The molecule has 8 nitrogen and oxygen atoms in total. The van der Waals surface area contributed by atoms with Crippen molar-refractivity contribution in [3.8, 4) is 0 Å². The zero-order valence-electron chi connectivity index (χ0n) is 19.4. The number of benzene rings is 1. The van der Waals surface area contributed by atoms with Crippen LogP contribution in [-0.4, -0.2) is 70.3 Å². The maximum atomic E-state index is 12.7. The predicted octanol–water partition coefficient (Wildman–Crippen LogP) is 2.39. The monoisotopic (exact) mass is 494 g/mol. The Labute approximate surface area is 200 Å². The first-order valence-corrected chi connectivity index (χ1v) is 11.7. The summed E-state index contributed by atoms with van der Waals surface area (Å²) in [5.74, 6) is -2.82. The Morgan fingerprint density at radius 1 is 1.20 bits per heavy atom. The lowest BCUT2D eigenvalue weighted by molar-refractivity contribution is -0.192. The third kappa shape index (κ3) is 5.29. The van der Waals surface area contributed by atoms with E-state index in [9.17, 15) is 22.8 Å². The van der Waals surface area contributed by atoms with Crippen LogP contribution in [0, 0.1) is 5.92 Å². The molecule has 190 valence electrons. The van der Waals surface area contributed by atoms with Crippen LogP contribution < -0.4 is 10.6 Å². The molecule has 3 fully saturated rings. The number of likely N-dealkylation sites (tertiary alicyclic amines) is 1. The molecule has 2 unspecified atom stereocenters. The molecular weight excluding hydrogens is 465 g/mol. The molecule has 2 amide bonds. The lowest BCUT2D eigenvalue weighted by Gasteiger charge is -2.20. The van der Waals surface area contributed by atoms with E-state index < -0.39 is 18.1 Å². The highest BCUT2D eigenvalue weighted by molar-refractivity contribution is 6.35. The SMILES string of the molecule is Cn1cc(C2CCN(C(=O)C(=O)NCC3CCNC34CC4)C2)c2ccccc21.O=C(O)C(F)(F)F. The van der Waals surface area contributed by atoms with Crippen LogP contribution in [-0.2, 0) is 21.4 Å². The van der Waals surface area contributed by atoms with Crippen LogP contribution in [0.1, 0.15) is 37.2 Å². The second kappa shape index (κ2) is 9.52. The van der Waals surface area contributed by atoms with Gasteiger partial charge in [-0.2, -0.15) is 13.2 Å². The van der Waals surface area contributed by atoms with Crippen molar-refractivity contribution >= 4 is 28.7 Å². The number of aryl methyl sites for hydroxylation is 1. The van der Waals surface area contributed by atoms with Gasteiger partial charge in [-0.15, -0.1) is 0 Å². The molecular formula is C24H29F3N4O4. The van der Waals surface area contributed by atoms with Gasteiger partial charge in [0.15, 0.2) is 0 Å². The number of hydrogen-bond donors (Lipinski definition) is 3. The molecule has 1 aromatic heterocycles. The van der Waals surface area contributed by atoms with Crippen molar-refractivity contribution in [3.63, 3.8) is 0 Å². The summed E-state index contributed by atoms with van der Waals surface area (Å²) in [7, 11) is 2.06. The minimum atomic E-state index is -5.08. The normalized spacial score (nSPS) is 22.7. The number of fused-ring (bicyclic) bond motifs is 1. The van der Waals surface area contributed by atoms with Crippen LogP contribution in [0.2, 0.25) is 0 Å². The highest BCUT2D eigenvalue weighted by Crippen LogP contribution is 2.46. The van der Waals surface area contributed by atoms with Crippen molar-refractivity contribution in [1.29, 1.82) is 0 Å². The quantitative estimate of drug-likeness (QED) is 0.569. The Bertz CT molecular complexity index is 1130. The van der Waals surface area contributed by atoms with Crippen LogP contribution in [0.5, 0.6) is 0 Å². The minimum Gasteiger partial charge on any atom is -0.475 e. The van der Waals surface area contributed by atoms with E-state index in [0.717, 1.165) is 19.4 Å². The molecule has 11 heteroatoms. The Balaban J connectivity index is 0.000000364. The van der Waals surface area contributed by atoms with E-state index >= 15 is 0 Å². The third-order valence-electron chi connectivity index (χ3n) is 7.33. The molecule has 2 aromatic rings. The molecule has 1 aromatic carbocycles. The second-order valence-corrected chi connectivity index (χ2v) is 9.53. The van der Waals surface area contributed by atoms with E-state index in [2.05, 4.69) is 46.6 Å². The highest BCUT2D eigenvalue weighted by Gasteiger charge is 2.51. The zero-order chi connectivity index (χ0) is 25.4. The van der Waals surface area contributed by atoms with Gasteiger partial charge in [0.1, 0.15) is 0 Å². The number of carbonyl (C=O) groups is 3. The predicted molar refractivity (Wildman–Crippen MR) is 122 cm³/mol. The van der Waals surface area contributed by atoms with Crippen molar-refractivity contribution in [3.05, 3.63) is 36.0 Å². The van der Waals surface area contributed by atoms with Crippen molar-refractivity contribution in [2.24, 2.45) is 13.0 Å². The largest absolute Gasteiger partial charge is 0.490 e. The molecule has 3 N–H and O–H groups in total. The molecule has 0 radical (unpaired) electrons. The summed E-state index contributed by atoms with van der Waals surface area (Å²) >= 11 is 0. The van der Waals surface area contributed by atoms with Gasteiger partial charge in [0.25, 0.3) is 0 Å². The number of hydrogen-bond acceptors (Lipinski definition) is 4. The van der Waals surface area contributed by atoms with Crippen LogP contribution in [0.3, 0.4) is 0 Å². The molecule has 0 bridgehead atoms. The van der Waals surface area contributed by atoms with Gasteiger partial charge in [-0.3, -0.25) is 9.59 Å². The molecule has 2 saturated heterocycles. The maximum Gasteiger partial charge on any atom is 0.490 e. The van der Waals surface area contributed by atoms with Crippen LogP contribution in [0.15, 0.2) is 30.5 Å². The molecule has 3 heterocycles. The molecule has 3 aliphatic rings. The molecule has 1 saturated carbocycles. The summed E-state index contributed by atoms with van der Waals surface area (Å²) in [5.41, 5.74) is 2.74. The molecule has 2 aliphatic heterocycles. The fourth-order valence-electron chi connectivity index (χ4n) is 5.27. The number of aliphatic carboxylic acids is 1. The van der Waals surface area contributed by atoms with E-state index in [1.807, 2.05) is 6.07 Å². The smallest absolute Gasteiger partial charge is 0.475 e. The van der Waals surface area contributed by atoms with Gasteiger partial charge in [0, 0.05) is 55.2 Å². The minimum absolute atomic E-state index is 0.253. The van der Waals surface area contributed by atoms with Crippen molar-refractivity contribution in [2.75, 3.05) is 26.2 Å². The lowest BCUT2D eigenvalue weighted by atomic mass is 9.98. The number of halogens is 3. The topological polar surface area (TPSA) is 104 Å². The standard InChI is InChI=1S/C22H28N4O2.C2HF3O2/c1-25-14-18(17-4-2-3-5-19(17)25)15-7-11-26(13-15)21(28)20(27)23-12-16-6-10-24-22(16)8-9-22;3-2(4,5)1(6)7/h2-5,14-16,24H,6-13H2,1H3,(H,23,27);(H,6,7). The van der Waals surface area contributed by atoms with Gasteiger partial charge in [-0.25, -0.2) is 4.79 Å². The molecule has 35 heavy (non-hydrogen) atoms. The number of para-hydroxylation sites is 1. The first kappa shape index (κ1) is 25.0.